The second-order valence-electron chi connectivity index (χ2n) is 5.54. The summed E-state index contributed by atoms with van der Waals surface area (Å²) in [5, 5.41) is 11.6. The van der Waals surface area contributed by atoms with Gasteiger partial charge in [-0.25, -0.2) is 0 Å². The number of rotatable bonds is 3. The molecule has 1 saturated heterocycles. The molecule has 3 rings (SSSR count). The summed E-state index contributed by atoms with van der Waals surface area (Å²) in [7, 11) is 0. The molecular formula is C16H16ClN3O3S. The lowest BCUT2D eigenvalue weighted by Gasteiger charge is -2.36. The smallest absolute Gasteiger partial charge is 0.283 e. The molecule has 0 atom stereocenters. The van der Waals surface area contributed by atoms with Crippen molar-refractivity contribution >= 4 is 40.2 Å². The molecule has 1 amide bonds. The van der Waals surface area contributed by atoms with Crippen molar-refractivity contribution in [2.24, 2.45) is 0 Å². The summed E-state index contributed by atoms with van der Waals surface area (Å²) < 4.78 is 0. The number of halogens is 1. The van der Waals surface area contributed by atoms with E-state index in [9.17, 15) is 14.9 Å². The van der Waals surface area contributed by atoms with Crippen LogP contribution in [0.15, 0.2) is 30.3 Å². The Bertz CT molecular complexity index is 785. The maximum absolute atomic E-state index is 12.6. The van der Waals surface area contributed by atoms with Crippen LogP contribution in [0.3, 0.4) is 0 Å². The van der Waals surface area contributed by atoms with Gasteiger partial charge in [0, 0.05) is 32.2 Å². The highest BCUT2D eigenvalue weighted by atomic mass is 35.5. The minimum Gasteiger partial charge on any atom is -0.367 e. The van der Waals surface area contributed by atoms with Crippen molar-refractivity contribution < 1.29 is 9.72 Å². The summed E-state index contributed by atoms with van der Waals surface area (Å²) in [6.45, 7) is 4.16. The Hall–Kier alpha value is -2.12. The molecule has 8 heteroatoms. The van der Waals surface area contributed by atoms with Crippen LogP contribution in [-0.4, -0.2) is 41.9 Å². The fourth-order valence-electron chi connectivity index (χ4n) is 2.77. The molecule has 0 unspecified atom stereocenters. The van der Waals surface area contributed by atoms with Crippen LogP contribution in [0.5, 0.6) is 0 Å². The third-order valence-corrected chi connectivity index (χ3v) is 5.41. The molecule has 0 aliphatic carbocycles. The predicted molar refractivity (Wildman–Crippen MR) is 95.3 cm³/mol. The highest BCUT2D eigenvalue weighted by Gasteiger charge is 2.26. The van der Waals surface area contributed by atoms with Gasteiger partial charge in [-0.3, -0.25) is 14.9 Å². The van der Waals surface area contributed by atoms with Crippen LogP contribution < -0.4 is 4.90 Å². The molecule has 2 heterocycles. The normalized spacial score (nSPS) is 14.8. The number of para-hydroxylation sites is 1. The van der Waals surface area contributed by atoms with E-state index in [0.717, 1.165) is 5.69 Å². The van der Waals surface area contributed by atoms with Gasteiger partial charge in [-0.2, -0.15) is 0 Å². The first kappa shape index (κ1) is 16.7. The van der Waals surface area contributed by atoms with E-state index < -0.39 is 4.92 Å². The minimum atomic E-state index is -0.446. The minimum absolute atomic E-state index is 0.0121. The van der Waals surface area contributed by atoms with Crippen LogP contribution in [0.25, 0.3) is 0 Å². The molecule has 0 N–H and O–H groups in total. The summed E-state index contributed by atoms with van der Waals surface area (Å²) >= 11 is 7.39. The van der Waals surface area contributed by atoms with Crippen LogP contribution in [0.1, 0.15) is 14.5 Å². The van der Waals surface area contributed by atoms with Gasteiger partial charge in [-0.05, 0) is 19.1 Å². The van der Waals surface area contributed by atoms with Gasteiger partial charge in [0.15, 0.2) is 0 Å². The standard InChI is InChI=1S/C16H16ClN3O3S/c1-11-14(20(22)23)10-15(24-11)16(21)19-8-6-18(7-9-19)13-5-3-2-4-12(13)17/h2-5,10H,6-9H2,1H3. The monoisotopic (exact) mass is 365 g/mol. The largest absolute Gasteiger partial charge is 0.367 e. The summed E-state index contributed by atoms with van der Waals surface area (Å²) in [6.07, 6.45) is 0. The molecule has 24 heavy (non-hydrogen) atoms. The molecule has 2 aromatic rings. The number of anilines is 1. The molecular weight excluding hydrogens is 350 g/mol. The number of carbonyl (C=O) groups is 1. The van der Waals surface area contributed by atoms with Gasteiger partial charge in [0.1, 0.15) is 0 Å². The molecule has 1 aromatic heterocycles. The lowest BCUT2D eigenvalue weighted by Crippen LogP contribution is -2.48. The van der Waals surface area contributed by atoms with Crippen molar-refractivity contribution in [2.45, 2.75) is 6.92 Å². The number of piperazine rings is 1. The maximum Gasteiger partial charge on any atom is 0.283 e. The zero-order valence-corrected chi connectivity index (χ0v) is 14.6. The molecule has 1 aliphatic heterocycles. The molecule has 1 fully saturated rings. The number of thiophene rings is 1. The summed E-state index contributed by atoms with van der Waals surface area (Å²) in [4.78, 5) is 27.9. The SMILES string of the molecule is Cc1sc(C(=O)N2CCN(c3ccccc3Cl)CC2)cc1[N+](=O)[O-]. The molecule has 126 valence electrons. The van der Waals surface area contributed by atoms with Crippen LogP contribution in [-0.2, 0) is 0 Å². The van der Waals surface area contributed by atoms with Gasteiger partial charge in [-0.1, -0.05) is 23.7 Å². The van der Waals surface area contributed by atoms with Gasteiger partial charge in [0.05, 0.1) is 25.4 Å². The first-order chi connectivity index (χ1) is 11.5. The molecule has 0 bridgehead atoms. The van der Waals surface area contributed by atoms with Crippen molar-refractivity contribution in [3.05, 3.63) is 55.2 Å². The van der Waals surface area contributed by atoms with Gasteiger partial charge < -0.3 is 9.80 Å². The van der Waals surface area contributed by atoms with Crippen molar-refractivity contribution in [3.8, 4) is 0 Å². The predicted octanol–water partition coefficient (Wildman–Crippen LogP) is 3.58. The number of hydrogen-bond acceptors (Lipinski definition) is 5. The van der Waals surface area contributed by atoms with E-state index in [1.807, 2.05) is 24.3 Å². The molecule has 0 radical (unpaired) electrons. The first-order valence-electron chi connectivity index (χ1n) is 7.51. The summed E-state index contributed by atoms with van der Waals surface area (Å²) in [6, 6.07) is 9.01. The Kier molecular flexibility index (Phi) is 4.73. The molecule has 6 nitrogen and oxygen atoms in total. The summed E-state index contributed by atoms with van der Waals surface area (Å²) in [5.41, 5.74) is 0.979. The van der Waals surface area contributed by atoms with E-state index in [1.165, 1.54) is 17.4 Å². The topological polar surface area (TPSA) is 66.7 Å². The van der Waals surface area contributed by atoms with Gasteiger partial charge >= 0.3 is 0 Å². The lowest BCUT2D eigenvalue weighted by atomic mass is 10.2. The number of nitro groups is 1. The van der Waals surface area contributed by atoms with Crippen LogP contribution in [0.4, 0.5) is 11.4 Å². The zero-order valence-electron chi connectivity index (χ0n) is 13.1. The fourth-order valence-corrected chi connectivity index (χ4v) is 3.98. The Labute approximate surface area is 148 Å². The van der Waals surface area contributed by atoms with E-state index >= 15 is 0 Å². The van der Waals surface area contributed by atoms with E-state index in [-0.39, 0.29) is 11.6 Å². The van der Waals surface area contributed by atoms with E-state index in [4.69, 9.17) is 11.6 Å². The highest BCUT2D eigenvalue weighted by molar-refractivity contribution is 7.14. The van der Waals surface area contributed by atoms with Gasteiger partial charge in [0.2, 0.25) is 0 Å². The van der Waals surface area contributed by atoms with Crippen molar-refractivity contribution in [2.75, 3.05) is 31.1 Å². The van der Waals surface area contributed by atoms with E-state index in [1.54, 1.807) is 11.8 Å². The highest BCUT2D eigenvalue weighted by Crippen LogP contribution is 2.30. The third kappa shape index (κ3) is 3.22. The number of carbonyl (C=O) groups excluding carboxylic acids is 1. The molecule has 0 saturated carbocycles. The number of amides is 1. The molecule has 1 aliphatic rings. The van der Waals surface area contributed by atoms with Crippen LogP contribution in [0, 0.1) is 17.0 Å². The first-order valence-corrected chi connectivity index (χ1v) is 8.70. The van der Waals surface area contributed by atoms with E-state index in [0.29, 0.717) is 41.0 Å². The Morgan fingerprint density at radius 1 is 1.25 bits per heavy atom. The quantitative estimate of drug-likeness (QED) is 0.616. The second-order valence-corrected chi connectivity index (χ2v) is 7.20. The van der Waals surface area contributed by atoms with Gasteiger partial charge in [-0.15, -0.1) is 11.3 Å². The third-order valence-electron chi connectivity index (χ3n) is 4.06. The number of hydrogen-bond donors (Lipinski definition) is 0. The number of nitrogens with zero attached hydrogens (tertiary/aromatic N) is 3. The number of aryl methyl sites for hydroxylation is 1. The Morgan fingerprint density at radius 3 is 2.50 bits per heavy atom. The summed E-state index contributed by atoms with van der Waals surface area (Å²) in [5.74, 6) is -0.144. The van der Waals surface area contributed by atoms with Crippen molar-refractivity contribution in [1.82, 2.24) is 4.90 Å². The average Bonchev–Trinajstić information content (AvgIpc) is 2.97. The van der Waals surface area contributed by atoms with Crippen molar-refractivity contribution in [1.29, 1.82) is 0 Å². The Balaban J connectivity index is 1.68. The van der Waals surface area contributed by atoms with Crippen LogP contribution >= 0.6 is 22.9 Å². The van der Waals surface area contributed by atoms with Crippen LogP contribution in [0.2, 0.25) is 5.02 Å². The van der Waals surface area contributed by atoms with E-state index in [2.05, 4.69) is 4.90 Å². The van der Waals surface area contributed by atoms with Crippen molar-refractivity contribution in [3.63, 3.8) is 0 Å². The molecule has 1 aromatic carbocycles. The average molecular weight is 366 g/mol. The van der Waals surface area contributed by atoms with Gasteiger partial charge in [0.25, 0.3) is 11.6 Å². The zero-order chi connectivity index (χ0) is 17.3. The molecule has 0 spiro atoms. The number of benzene rings is 1. The lowest BCUT2D eigenvalue weighted by molar-refractivity contribution is -0.385. The fraction of sp³-hybridized carbons (Fsp3) is 0.312. The Morgan fingerprint density at radius 2 is 1.92 bits per heavy atom. The maximum atomic E-state index is 12.6. The second kappa shape index (κ2) is 6.78.